The molecule has 0 aliphatic carbocycles. The molecule has 1 aromatic rings. The van der Waals surface area contributed by atoms with Gasteiger partial charge < -0.3 is 14.4 Å². The van der Waals surface area contributed by atoms with E-state index in [9.17, 15) is 19.7 Å². The van der Waals surface area contributed by atoms with E-state index in [1.165, 1.54) is 24.3 Å². The molecular formula is C18H24N2O6. The van der Waals surface area contributed by atoms with E-state index in [4.69, 9.17) is 9.47 Å². The van der Waals surface area contributed by atoms with E-state index < -0.39 is 16.5 Å². The largest absolute Gasteiger partial charge is 0.462 e. The topological polar surface area (TPSA) is 99.0 Å². The van der Waals surface area contributed by atoms with E-state index >= 15 is 0 Å². The first kappa shape index (κ1) is 19.7. The summed E-state index contributed by atoms with van der Waals surface area (Å²) >= 11 is 0. The lowest BCUT2D eigenvalue weighted by atomic mass is 10.1. The van der Waals surface area contributed by atoms with E-state index in [0.717, 1.165) is 12.8 Å². The summed E-state index contributed by atoms with van der Waals surface area (Å²) in [6, 6.07) is 5.23. The van der Waals surface area contributed by atoms with Crippen molar-refractivity contribution in [3.8, 4) is 0 Å². The van der Waals surface area contributed by atoms with E-state index in [0.29, 0.717) is 13.0 Å². The van der Waals surface area contributed by atoms with Crippen LogP contribution in [0.1, 0.15) is 50.4 Å². The van der Waals surface area contributed by atoms with Crippen LogP contribution in [-0.4, -0.2) is 46.7 Å². The Morgan fingerprint density at radius 3 is 2.50 bits per heavy atom. The first-order valence-electron chi connectivity index (χ1n) is 8.58. The monoisotopic (exact) mass is 364 g/mol. The molecule has 0 spiro atoms. The van der Waals surface area contributed by atoms with Gasteiger partial charge in [0.2, 0.25) is 0 Å². The van der Waals surface area contributed by atoms with Crippen molar-refractivity contribution in [2.75, 3.05) is 13.2 Å². The maximum atomic E-state index is 12.2. The number of likely N-dealkylation sites (tertiary alicyclic amines) is 1. The summed E-state index contributed by atoms with van der Waals surface area (Å²) in [6.45, 7) is 6.27. The minimum absolute atomic E-state index is 0.0190. The van der Waals surface area contributed by atoms with E-state index in [-0.39, 0.29) is 30.0 Å². The number of rotatable bonds is 5. The van der Waals surface area contributed by atoms with Gasteiger partial charge in [-0.25, -0.2) is 9.59 Å². The zero-order valence-corrected chi connectivity index (χ0v) is 15.3. The summed E-state index contributed by atoms with van der Waals surface area (Å²) < 4.78 is 10.6. The van der Waals surface area contributed by atoms with Gasteiger partial charge in [-0.05, 0) is 45.7 Å². The Hall–Kier alpha value is -2.64. The number of nitro benzene ring substituents is 1. The molecule has 0 bridgehead atoms. The Kier molecular flexibility index (Phi) is 6.18. The lowest BCUT2D eigenvalue weighted by molar-refractivity contribution is -0.384. The molecule has 8 nitrogen and oxygen atoms in total. The van der Waals surface area contributed by atoms with Crippen LogP contribution < -0.4 is 0 Å². The van der Waals surface area contributed by atoms with Crippen LogP contribution in [-0.2, 0) is 9.47 Å². The van der Waals surface area contributed by atoms with Gasteiger partial charge in [-0.1, -0.05) is 0 Å². The minimum Gasteiger partial charge on any atom is -0.462 e. The molecule has 1 aromatic carbocycles. The molecular weight excluding hydrogens is 340 g/mol. The Labute approximate surface area is 152 Å². The number of ether oxygens (including phenoxy) is 2. The van der Waals surface area contributed by atoms with Crippen LogP contribution in [0, 0.1) is 10.1 Å². The second-order valence-electron chi connectivity index (χ2n) is 7.20. The third-order valence-electron chi connectivity index (χ3n) is 4.00. The molecule has 1 amide bonds. The third-order valence-corrected chi connectivity index (χ3v) is 4.00. The van der Waals surface area contributed by atoms with Crippen molar-refractivity contribution in [3.05, 3.63) is 39.9 Å². The summed E-state index contributed by atoms with van der Waals surface area (Å²) in [6.07, 6.45) is 1.91. The fraction of sp³-hybridized carbons (Fsp3) is 0.556. The lowest BCUT2D eigenvalue weighted by Gasteiger charge is -2.28. The van der Waals surface area contributed by atoms with E-state index in [1.807, 2.05) is 20.8 Å². The molecule has 0 aromatic heterocycles. The number of esters is 1. The standard InChI is InChI=1S/C18H24N2O6/c1-18(2,3)26-17(22)19-11-4-5-14(19)10-12-25-16(21)13-6-8-15(9-7-13)20(23)24/h6-9,14H,4-5,10-12H2,1-3H3. The van der Waals surface area contributed by atoms with Crippen molar-refractivity contribution in [1.82, 2.24) is 4.90 Å². The average molecular weight is 364 g/mol. The molecule has 1 unspecified atom stereocenters. The Morgan fingerprint density at radius 2 is 1.92 bits per heavy atom. The maximum absolute atomic E-state index is 12.2. The maximum Gasteiger partial charge on any atom is 0.410 e. The van der Waals surface area contributed by atoms with Gasteiger partial charge in [-0.15, -0.1) is 0 Å². The van der Waals surface area contributed by atoms with Crippen LogP contribution in [0.2, 0.25) is 0 Å². The van der Waals surface area contributed by atoms with Crippen molar-refractivity contribution >= 4 is 17.7 Å². The van der Waals surface area contributed by atoms with Gasteiger partial charge >= 0.3 is 12.1 Å². The molecule has 1 saturated heterocycles. The fourth-order valence-corrected chi connectivity index (χ4v) is 2.79. The van der Waals surface area contributed by atoms with Gasteiger partial charge in [-0.3, -0.25) is 10.1 Å². The molecule has 1 fully saturated rings. The van der Waals surface area contributed by atoms with Crippen molar-refractivity contribution in [3.63, 3.8) is 0 Å². The Morgan fingerprint density at radius 1 is 1.27 bits per heavy atom. The number of nitro groups is 1. The van der Waals surface area contributed by atoms with Crippen LogP contribution in [0.3, 0.4) is 0 Å². The number of nitrogens with zero attached hydrogens (tertiary/aromatic N) is 2. The third kappa shape index (κ3) is 5.44. The highest BCUT2D eigenvalue weighted by molar-refractivity contribution is 5.89. The van der Waals surface area contributed by atoms with Gasteiger partial charge in [0.15, 0.2) is 0 Å². The molecule has 142 valence electrons. The number of hydrogen-bond acceptors (Lipinski definition) is 6. The number of amides is 1. The predicted octanol–water partition coefficient (Wildman–Crippen LogP) is 3.54. The molecule has 1 aliphatic rings. The molecule has 2 rings (SSSR count). The van der Waals surface area contributed by atoms with Crippen molar-refractivity contribution in [2.45, 2.75) is 51.7 Å². The second kappa shape index (κ2) is 8.16. The molecule has 0 N–H and O–H groups in total. The number of hydrogen-bond donors (Lipinski definition) is 0. The van der Waals surface area contributed by atoms with Crippen LogP contribution in [0.15, 0.2) is 24.3 Å². The number of non-ortho nitro benzene ring substituents is 1. The highest BCUT2D eigenvalue weighted by atomic mass is 16.6. The SMILES string of the molecule is CC(C)(C)OC(=O)N1CCCC1CCOC(=O)c1ccc([N+](=O)[O-])cc1. The normalized spacial score (nSPS) is 17.0. The molecule has 1 atom stereocenters. The first-order chi connectivity index (χ1) is 12.2. The van der Waals surface area contributed by atoms with Crippen molar-refractivity contribution < 1.29 is 24.0 Å². The van der Waals surface area contributed by atoms with Gasteiger partial charge in [0, 0.05) is 31.1 Å². The molecule has 1 aliphatic heterocycles. The zero-order valence-electron chi connectivity index (χ0n) is 15.3. The fourth-order valence-electron chi connectivity index (χ4n) is 2.79. The Bertz CT molecular complexity index is 665. The van der Waals surface area contributed by atoms with Crippen molar-refractivity contribution in [1.29, 1.82) is 0 Å². The molecule has 8 heteroatoms. The van der Waals surface area contributed by atoms with Gasteiger partial charge in [0.25, 0.3) is 5.69 Å². The van der Waals surface area contributed by atoms with Crippen LogP contribution in [0.5, 0.6) is 0 Å². The van der Waals surface area contributed by atoms with E-state index in [1.54, 1.807) is 4.90 Å². The predicted molar refractivity (Wildman–Crippen MR) is 94.0 cm³/mol. The van der Waals surface area contributed by atoms with Gasteiger partial charge in [0.1, 0.15) is 5.60 Å². The average Bonchev–Trinajstić information content (AvgIpc) is 3.02. The number of carbonyl (C=O) groups excluding carboxylic acids is 2. The summed E-state index contributed by atoms with van der Waals surface area (Å²) in [5.74, 6) is -0.540. The van der Waals surface area contributed by atoms with Crippen molar-refractivity contribution in [2.24, 2.45) is 0 Å². The minimum atomic E-state index is -0.549. The Balaban J connectivity index is 1.83. The van der Waals surface area contributed by atoms with E-state index in [2.05, 4.69) is 0 Å². The molecule has 26 heavy (non-hydrogen) atoms. The summed E-state index contributed by atoms with van der Waals surface area (Å²) in [4.78, 5) is 36.0. The van der Waals surface area contributed by atoms with Crippen LogP contribution >= 0.6 is 0 Å². The first-order valence-corrected chi connectivity index (χ1v) is 8.58. The molecule has 0 radical (unpaired) electrons. The quantitative estimate of drug-likeness (QED) is 0.450. The van der Waals surface area contributed by atoms with Gasteiger partial charge in [0.05, 0.1) is 17.1 Å². The van der Waals surface area contributed by atoms with Crippen LogP contribution in [0.25, 0.3) is 0 Å². The summed E-state index contributed by atoms with van der Waals surface area (Å²) in [7, 11) is 0. The molecule has 0 saturated carbocycles. The second-order valence-corrected chi connectivity index (χ2v) is 7.20. The van der Waals surface area contributed by atoms with Crippen LogP contribution in [0.4, 0.5) is 10.5 Å². The zero-order chi connectivity index (χ0) is 19.3. The number of carbonyl (C=O) groups is 2. The molecule has 1 heterocycles. The summed E-state index contributed by atoms with van der Waals surface area (Å²) in [5, 5.41) is 10.6. The van der Waals surface area contributed by atoms with Gasteiger partial charge in [-0.2, -0.15) is 0 Å². The highest BCUT2D eigenvalue weighted by Crippen LogP contribution is 2.23. The lowest BCUT2D eigenvalue weighted by Crippen LogP contribution is -2.40. The smallest absolute Gasteiger partial charge is 0.410 e. The highest BCUT2D eigenvalue weighted by Gasteiger charge is 2.32. The number of benzene rings is 1. The summed E-state index contributed by atoms with van der Waals surface area (Å²) in [5.41, 5.74) is -0.376.